The SMILES string of the molecule is CCCC.CNC(=O)c1cnn2c(NC)cc(-c3cn(C4CCCC4)c4ncccc34)nc12.CO. The van der Waals surface area contributed by atoms with Crippen LogP contribution in [-0.2, 0) is 0 Å². The minimum absolute atomic E-state index is 0.207. The fourth-order valence-electron chi connectivity index (χ4n) is 4.32. The van der Waals surface area contributed by atoms with E-state index in [2.05, 4.69) is 51.4 Å². The maximum absolute atomic E-state index is 12.3. The second kappa shape index (κ2) is 12.3. The zero-order valence-electron chi connectivity index (χ0n) is 21.4. The van der Waals surface area contributed by atoms with Gasteiger partial charge in [0.15, 0.2) is 5.65 Å². The van der Waals surface area contributed by atoms with Crippen LogP contribution in [0.25, 0.3) is 27.9 Å². The third kappa shape index (κ3) is 5.30. The summed E-state index contributed by atoms with van der Waals surface area (Å²) in [5.41, 5.74) is 3.77. The molecule has 3 N–H and O–H groups in total. The van der Waals surface area contributed by atoms with Gasteiger partial charge in [-0.2, -0.15) is 9.61 Å². The van der Waals surface area contributed by atoms with E-state index in [0.717, 1.165) is 35.2 Å². The summed E-state index contributed by atoms with van der Waals surface area (Å²) in [6.07, 6.45) is 13.1. The minimum Gasteiger partial charge on any atom is -0.400 e. The van der Waals surface area contributed by atoms with Gasteiger partial charge in [0.05, 0.1) is 11.9 Å². The first-order valence-electron chi connectivity index (χ1n) is 12.3. The fourth-order valence-corrected chi connectivity index (χ4v) is 4.32. The van der Waals surface area contributed by atoms with Crippen LogP contribution in [0.15, 0.2) is 36.8 Å². The zero-order chi connectivity index (χ0) is 25.4. The minimum atomic E-state index is -0.207. The first-order valence-corrected chi connectivity index (χ1v) is 12.3. The molecule has 0 aliphatic heterocycles. The number of nitrogens with one attached hydrogen (secondary N) is 2. The van der Waals surface area contributed by atoms with Gasteiger partial charge in [-0.15, -0.1) is 0 Å². The average molecular weight is 480 g/mol. The summed E-state index contributed by atoms with van der Waals surface area (Å²) in [5.74, 6) is 0.563. The van der Waals surface area contributed by atoms with Crippen LogP contribution >= 0.6 is 0 Å². The summed E-state index contributed by atoms with van der Waals surface area (Å²) in [7, 11) is 4.44. The van der Waals surface area contributed by atoms with E-state index in [1.165, 1.54) is 38.5 Å². The largest absolute Gasteiger partial charge is 0.400 e. The highest BCUT2D eigenvalue weighted by Crippen LogP contribution is 2.37. The number of nitrogens with zero attached hydrogens (tertiary/aromatic N) is 5. The van der Waals surface area contributed by atoms with Gasteiger partial charge >= 0.3 is 0 Å². The van der Waals surface area contributed by atoms with Gasteiger partial charge in [-0.25, -0.2) is 9.97 Å². The van der Waals surface area contributed by atoms with Crippen LogP contribution < -0.4 is 10.6 Å². The lowest BCUT2D eigenvalue weighted by molar-refractivity contribution is 0.0964. The number of fused-ring (bicyclic) bond motifs is 2. The Morgan fingerprint density at radius 2 is 1.86 bits per heavy atom. The number of rotatable bonds is 5. The molecule has 1 amide bonds. The highest BCUT2D eigenvalue weighted by Gasteiger charge is 2.23. The van der Waals surface area contributed by atoms with Gasteiger partial charge in [-0.1, -0.05) is 39.5 Å². The zero-order valence-corrected chi connectivity index (χ0v) is 21.4. The van der Waals surface area contributed by atoms with Gasteiger partial charge in [0.2, 0.25) is 0 Å². The van der Waals surface area contributed by atoms with E-state index >= 15 is 0 Å². The summed E-state index contributed by atoms with van der Waals surface area (Å²) >= 11 is 0. The number of carbonyl (C=O) groups is 1. The molecule has 1 aliphatic rings. The van der Waals surface area contributed by atoms with Crippen molar-refractivity contribution >= 4 is 28.4 Å². The standard InChI is InChI=1S/C21H23N7O.C4H10.CH4O/c1-22-18-10-17(26-20-15(21(29)23-2)11-25-28(18)20)16-12-27(13-6-3-4-7-13)19-14(16)8-5-9-24-19;1-3-4-2;1-2/h5,8-13,22H,3-4,6-7H2,1-2H3,(H,23,29);3-4H2,1-2H3;2H,1H3. The molecule has 0 unspecified atom stereocenters. The Morgan fingerprint density at radius 3 is 2.49 bits per heavy atom. The number of aliphatic hydroxyl groups excluding tert-OH is 1. The molecule has 1 saturated carbocycles. The monoisotopic (exact) mass is 479 g/mol. The summed E-state index contributed by atoms with van der Waals surface area (Å²) in [4.78, 5) is 21.8. The van der Waals surface area contributed by atoms with Crippen molar-refractivity contribution in [2.24, 2.45) is 0 Å². The van der Waals surface area contributed by atoms with Crippen molar-refractivity contribution in [1.29, 1.82) is 0 Å². The third-order valence-electron chi connectivity index (χ3n) is 6.28. The molecule has 35 heavy (non-hydrogen) atoms. The van der Waals surface area contributed by atoms with Crippen LogP contribution in [0.3, 0.4) is 0 Å². The quantitative estimate of drug-likeness (QED) is 0.384. The van der Waals surface area contributed by atoms with Crippen molar-refractivity contribution in [3.63, 3.8) is 0 Å². The molecule has 4 heterocycles. The predicted molar refractivity (Wildman–Crippen MR) is 141 cm³/mol. The Balaban J connectivity index is 0.000000521. The van der Waals surface area contributed by atoms with Gasteiger partial charge in [0.1, 0.15) is 17.0 Å². The van der Waals surface area contributed by atoms with E-state index in [9.17, 15) is 4.79 Å². The topological polar surface area (TPSA) is 109 Å². The van der Waals surface area contributed by atoms with Crippen LogP contribution in [0, 0.1) is 0 Å². The van der Waals surface area contributed by atoms with Gasteiger partial charge in [0, 0.05) is 56.7 Å². The number of hydrogen-bond donors (Lipinski definition) is 3. The van der Waals surface area contributed by atoms with Crippen molar-refractivity contribution in [2.45, 2.75) is 58.4 Å². The number of carbonyl (C=O) groups excluding carboxylic acids is 1. The first-order chi connectivity index (χ1) is 17.1. The Hall–Kier alpha value is -3.46. The average Bonchev–Trinajstić information content (AvgIpc) is 3.67. The number of pyridine rings is 1. The molecule has 0 atom stereocenters. The number of aromatic nitrogens is 5. The molecule has 0 spiro atoms. The number of hydrogen-bond acceptors (Lipinski definition) is 6. The van der Waals surface area contributed by atoms with Gasteiger partial charge in [0.25, 0.3) is 5.91 Å². The van der Waals surface area contributed by atoms with Gasteiger partial charge < -0.3 is 20.3 Å². The Labute approximate surface area is 206 Å². The molecular weight excluding hydrogens is 442 g/mol. The van der Waals surface area contributed by atoms with E-state index in [1.54, 1.807) is 17.8 Å². The lowest BCUT2D eigenvalue weighted by Gasteiger charge is -2.12. The van der Waals surface area contributed by atoms with Crippen molar-refractivity contribution < 1.29 is 9.90 Å². The fraction of sp³-hybridized carbons (Fsp3) is 0.462. The summed E-state index contributed by atoms with van der Waals surface area (Å²) in [5, 5.41) is 18.2. The predicted octanol–water partition coefficient (Wildman–Crippen LogP) is 4.68. The van der Waals surface area contributed by atoms with E-state index in [0.29, 0.717) is 17.3 Å². The van der Waals surface area contributed by atoms with E-state index in [4.69, 9.17) is 10.1 Å². The second-order valence-electron chi connectivity index (χ2n) is 8.41. The molecule has 4 aromatic heterocycles. The molecule has 0 saturated heterocycles. The summed E-state index contributed by atoms with van der Waals surface area (Å²) < 4.78 is 3.96. The molecule has 0 bridgehead atoms. The van der Waals surface area contributed by atoms with Crippen molar-refractivity contribution in [1.82, 2.24) is 29.5 Å². The number of unbranched alkanes of at least 4 members (excludes halogenated alkanes) is 1. The van der Waals surface area contributed by atoms with Gasteiger partial charge in [-0.3, -0.25) is 4.79 Å². The lowest BCUT2D eigenvalue weighted by atomic mass is 10.1. The molecular formula is C26H37N7O2. The second-order valence-corrected chi connectivity index (χ2v) is 8.41. The van der Waals surface area contributed by atoms with E-state index in [-0.39, 0.29) is 5.91 Å². The van der Waals surface area contributed by atoms with Crippen molar-refractivity contribution in [3.8, 4) is 11.3 Å². The Morgan fingerprint density at radius 1 is 1.14 bits per heavy atom. The first kappa shape index (κ1) is 26.2. The molecule has 1 aliphatic carbocycles. The van der Waals surface area contributed by atoms with Gasteiger partial charge in [-0.05, 0) is 25.0 Å². The third-order valence-corrected chi connectivity index (χ3v) is 6.28. The maximum atomic E-state index is 12.3. The lowest BCUT2D eigenvalue weighted by Crippen LogP contribution is -2.18. The smallest absolute Gasteiger partial charge is 0.256 e. The molecule has 1 fully saturated rings. The van der Waals surface area contributed by atoms with Crippen LogP contribution in [0.1, 0.15) is 68.8 Å². The van der Waals surface area contributed by atoms with Crippen LogP contribution in [0.4, 0.5) is 5.82 Å². The number of anilines is 1. The summed E-state index contributed by atoms with van der Waals surface area (Å²) in [6.45, 7) is 4.36. The highest BCUT2D eigenvalue weighted by molar-refractivity contribution is 6.00. The number of aliphatic hydroxyl groups is 1. The van der Waals surface area contributed by atoms with Crippen LogP contribution in [0.2, 0.25) is 0 Å². The number of amides is 1. The van der Waals surface area contributed by atoms with E-state index in [1.807, 2.05) is 25.4 Å². The van der Waals surface area contributed by atoms with E-state index < -0.39 is 0 Å². The highest BCUT2D eigenvalue weighted by atomic mass is 16.2. The molecule has 5 rings (SSSR count). The Bertz CT molecular complexity index is 1250. The molecule has 0 radical (unpaired) electrons. The molecule has 9 nitrogen and oxygen atoms in total. The maximum Gasteiger partial charge on any atom is 0.256 e. The normalized spacial score (nSPS) is 13.2. The van der Waals surface area contributed by atoms with Crippen LogP contribution in [-0.4, -0.2) is 56.4 Å². The van der Waals surface area contributed by atoms with Crippen molar-refractivity contribution in [2.75, 3.05) is 26.5 Å². The Kier molecular flexibility index (Phi) is 9.19. The molecule has 188 valence electrons. The van der Waals surface area contributed by atoms with Crippen molar-refractivity contribution in [3.05, 3.63) is 42.4 Å². The molecule has 0 aromatic carbocycles. The molecule has 4 aromatic rings. The van der Waals surface area contributed by atoms with Crippen LogP contribution in [0.5, 0.6) is 0 Å². The molecule has 9 heteroatoms. The summed E-state index contributed by atoms with van der Waals surface area (Å²) in [6, 6.07) is 6.49.